The van der Waals surface area contributed by atoms with E-state index in [-0.39, 0.29) is 5.91 Å². The zero-order valence-corrected chi connectivity index (χ0v) is 12.5. The van der Waals surface area contributed by atoms with Gasteiger partial charge in [-0.05, 0) is 24.5 Å². The first-order chi connectivity index (χ1) is 10.0. The Kier molecular flexibility index (Phi) is 5.27. The Hall–Kier alpha value is -1.95. The molecule has 6 nitrogen and oxygen atoms in total. The van der Waals surface area contributed by atoms with Gasteiger partial charge in [-0.25, -0.2) is 9.97 Å². The van der Waals surface area contributed by atoms with E-state index in [2.05, 4.69) is 20.3 Å². The maximum atomic E-state index is 11.7. The SMILES string of the molecule is CC(C)CC(O)CNC(=O)CCc1nc2ncccc2[nH]1. The lowest BCUT2D eigenvalue weighted by Gasteiger charge is -2.13. The monoisotopic (exact) mass is 290 g/mol. The van der Waals surface area contributed by atoms with Crippen LogP contribution in [0.15, 0.2) is 18.3 Å². The number of aromatic amines is 1. The third-order valence-corrected chi connectivity index (χ3v) is 3.17. The standard InChI is InChI=1S/C15H22N4O2/c1-10(2)8-11(20)9-17-14(21)6-5-13-18-12-4-3-7-16-15(12)19-13/h3-4,7,10-11,20H,5-6,8-9H2,1-2H3,(H,17,21)(H,16,18,19). The van der Waals surface area contributed by atoms with Gasteiger partial charge in [0.05, 0.1) is 11.6 Å². The Morgan fingerprint density at radius 3 is 3.00 bits per heavy atom. The molecule has 2 heterocycles. The molecule has 0 aliphatic carbocycles. The summed E-state index contributed by atoms with van der Waals surface area (Å²) in [4.78, 5) is 23.3. The zero-order chi connectivity index (χ0) is 15.2. The number of nitrogens with zero attached hydrogens (tertiary/aromatic N) is 2. The molecule has 1 unspecified atom stereocenters. The number of H-pyrrole nitrogens is 1. The van der Waals surface area contributed by atoms with E-state index in [0.717, 1.165) is 11.3 Å². The molecule has 0 saturated carbocycles. The molecule has 0 bridgehead atoms. The normalized spacial score (nSPS) is 12.8. The van der Waals surface area contributed by atoms with Crippen LogP contribution in [0.25, 0.3) is 11.2 Å². The molecule has 2 aromatic heterocycles. The number of pyridine rings is 1. The molecule has 0 aliphatic heterocycles. The van der Waals surface area contributed by atoms with Crippen molar-refractivity contribution in [3.63, 3.8) is 0 Å². The first-order valence-corrected chi connectivity index (χ1v) is 7.29. The summed E-state index contributed by atoms with van der Waals surface area (Å²) >= 11 is 0. The second kappa shape index (κ2) is 7.17. The molecule has 1 amide bonds. The van der Waals surface area contributed by atoms with E-state index in [9.17, 15) is 9.90 Å². The van der Waals surface area contributed by atoms with E-state index in [1.54, 1.807) is 6.20 Å². The number of aliphatic hydroxyl groups excluding tert-OH is 1. The predicted octanol–water partition coefficient (Wildman–Crippen LogP) is 1.41. The highest BCUT2D eigenvalue weighted by molar-refractivity contribution is 5.76. The van der Waals surface area contributed by atoms with Crippen molar-refractivity contribution in [3.05, 3.63) is 24.2 Å². The smallest absolute Gasteiger partial charge is 0.220 e. The van der Waals surface area contributed by atoms with Gasteiger partial charge in [0.2, 0.25) is 5.91 Å². The van der Waals surface area contributed by atoms with E-state index in [4.69, 9.17) is 0 Å². The van der Waals surface area contributed by atoms with Gasteiger partial charge in [0.25, 0.3) is 0 Å². The zero-order valence-electron chi connectivity index (χ0n) is 12.5. The van der Waals surface area contributed by atoms with Gasteiger partial charge in [0.1, 0.15) is 5.82 Å². The van der Waals surface area contributed by atoms with Crippen molar-refractivity contribution in [1.82, 2.24) is 20.3 Å². The van der Waals surface area contributed by atoms with Gasteiger partial charge in [-0.3, -0.25) is 4.79 Å². The van der Waals surface area contributed by atoms with Crippen LogP contribution in [0.1, 0.15) is 32.5 Å². The van der Waals surface area contributed by atoms with Gasteiger partial charge in [-0.15, -0.1) is 0 Å². The number of hydrogen-bond donors (Lipinski definition) is 3. The number of amides is 1. The molecule has 6 heteroatoms. The Morgan fingerprint density at radius 2 is 2.29 bits per heavy atom. The second-order valence-electron chi connectivity index (χ2n) is 5.65. The van der Waals surface area contributed by atoms with Crippen LogP contribution in [0.2, 0.25) is 0 Å². The van der Waals surface area contributed by atoms with Gasteiger partial charge in [0, 0.05) is 25.6 Å². The summed E-state index contributed by atoms with van der Waals surface area (Å²) in [6.07, 6.45) is 2.77. The van der Waals surface area contributed by atoms with Crippen LogP contribution in [-0.4, -0.2) is 38.6 Å². The minimum atomic E-state index is -0.482. The van der Waals surface area contributed by atoms with E-state index in [1.165, 1.54) is 0 Å². The maximum Gasteiger partial charge on any atom is 0.220 e. The predicted molar refractivity (Wildman–Crippen MR) is 80.7 cm³/mol. The number of carbonyl (C=O) groups is 1. The number of aliphatic hydroxyl groups is 1. The number of fused-ring (bicyclic) bond motifs is 1. The number of carbonyl (C=O) groups excluding carboxylic acids is 1. The summed E-state index contributed by atoms with van der Waals surface area (Å²) in [5, 5.41) is 12.5. The minimum absolute atomic E-state index is 0.0776. The van der Waals surface area contributed by atoms with Crippen molar-refractivity contribution < 1.29 is 9.90 Å². The highest BCUT2D eigenvalue weighted by Gasteiger charge is 2.10. The van der Waals surface area contributed by atoms with Crippen molar-refractivity contribution in [1.29, 1.82) is 0 Å². The molecular weight excluding hydrogens is 268 g/mol. The van der Waals surface area contributed by atoms with Crippen LogP contribution in [-0.2, 0) is 11.2 Å². The Balaban J connectivity index is 1.76. The number of aromatic nitrogens is 3. The lowest BCUT2D eigenvalue weighted by atomic mass is 10.1. The van der Waals surface area contributed by atoms with E-state index in [0.29, 0.717) is 37.4 Å². The second-order valence-corrected chi connectivity index (χ2v) is 5.65. The molecule has 0 saturated heterocycles. The number of imidazole rings is 1. The quantitative estimate of drug-likeness (QED) is 0.719. The average Bonchev–Trinajstić information content (AvgIpc) is 2.85. The van der Waals surface area contributed by atoms with Crippen LogP contribution >= 0.6 is 0 Å². The summed E-state index contributed by atoms with van der Waals surface area (Å²) < 4.78 is 0. The van der Waals surface area contributed by atoms with Gasteiger partial charge in [-0.1, -0.05) is 13.8 Å². The molecule has 3 N–H and O–H groups in total. The molecule has 0 fully saturated rings. The summed E-state index contributed by atoms with van der Waals surface area (Å²) in [6.45, 7) is 4.39. The fourth-order valence-corrected chi connectivity index (χ4v) is 2.19. The van der Waals surface area contributed by atoms with Crippen molar-refractivity contribution in [3.8, 4) is 0 Å². The van der Waals surface area contributed by atoms with Crippen molar-refractivity contribution >= 4 is 17.1 Å². The molecular formula is C15H22N4O2. The van der Waals surface area contributed by atoms with Gasteiger partial charge < -0.3 is 15.4 Å². The van der Waals surface area contributed by atoms with E-state index >= 15 is 0 Å². The summed E-state index contributed by atoms with van der Waals surface area (Å²) in [6, 6.07) is 3.74. The highest BCUT2D eigenvalue weighted by atomic mass is 16.3. The van der Waals surface area contributed by atoms with Crippen molar-refractivity contribution in [2.24, 2.45) is 5.92 Å². The molecule has 2 aromatic rings. The number of nitrogens with one attached hydrogen (secondary N) is 2. The number of hydrogen-bond acceptors (Lipinski definition) is 4. The molecule has 0 spiro atoms. The Bertz CT molecular complexity index is 561. The largest absolute Gasteiger partial charge is 0.391 e. The molecule has 2 rings (SSSR count). The lowest BCUT2D eigenvalue weighted by molar-refractivity contribution is -0.121. The Morgan fingerprint density at radius 1 is 1.48 bits per heavy atom. The van der Waals surface area contributed by atoms with Crippen molar-refractivity contribution in [2.45, 2.75) is 39.2 Å². The van der Waals surface area contributed by atoms with E-state index < -0.39 is 6.10 Å². The van der Waals surface area contributed by atoms with Crippen LogP contribution in [0.4, 0.5) is 0 Å². The van der Waals surface area contributed by atoms with Crippen LogP contribution in [0.3, 0.4) is 0 Å². The first-order valence-electron chi connectivity index (χ1n) is 7.29. The highest BCUT2D eigenvalue weighted by Crippen LogP contribution is 2.08. The minimum Gasteiger partial charge on any atom is -0.391 e. The van der Waals surface area contributed by atoms with E-state index in [1.807, 2.05) is 26.0 Å². The molecule has 21 heavy (non-hydrogen) atoms. The van der Waals surface area contributed by atoms with Gasteiger partial charge >= 0.3 is 0 Å². The Labute approximate surface area is 124 Å². The lowest BCUT2D eigenvalue weighted by Crippen LogP contribution is -2.32. The fourth-order valence-electron chi connectivity index (χ4n) is 2.19. The van der Waals surface area contributed by atoms with Crippen LogP contribution in [0, 0.1) is 5.92 Å². The first kappa shape index (κ1) is 15.4. The third-order valence-electron chi connectivity index (χ3n) is 3.17. The average molecular weight is 290 g/mol. The molecule has 1 atom stereocenters. The maximum absolute atomic E-state index is 11.7. The summed E-state index contributed by atoms with van der Waals surface area (Å²) in [5.74, 6) is 1.09. The summed E-state index contributed by atoms with van der Waals surface area (Å²) in [7, 11) is 0. The van der Waals surface area contributed by atoms with Gasteiger partial charge in [0.15, 0.2) is 5.65 Å². The molecule has 0 aromatic carbocycles. The van der Waals surface area contributed by atoms with Crippen molar-refractivity contribution in [2.75, 3.05) is 6.54 Å². The molecule has 114 valence electrons. The summed E-state index contributed by atoms with van der Waals surface area (Å²) in [5.41, 5.74) is 1.54. The topological polar surface area (TPSA) is 90.9 Å². The van der Waals surface area contributed by atoms with Crippen LogP contribution < -0.4 is 5.32 Å². The third kappa shape index (κ3) is 4.82. The van der Waals surface area contributed by atoms with Crippen LogP contribution in [0.5, 0.6) is 0 Å². The molecule has 0 aliphatic rings. The fraction of sp³-hybridized carbons (Fsp3) is 0.533. The molecule has 0 radical (unpaired) electrons. The van der Waals surface area contributed by atoms with Gasteiger partial charge in [-0.2, -0.15) is 0 Å². The number of rotatable bonds is 7. The number of aryl methyl sites for hydroxylation is 1.